The SMILES string of the molecule is C=CC(C)n1cncc1C1CNC1. The van der Waals surface area contributed by atoms with E-state index in [9.17, 15) is 0 Å². The molecular weight excluding hydrogens is 162 g/mol. The second kappa shape index (κ2) is 3.34. The maximum Gasteiger partial charge on any atom is 0.0953 e. The zero-order chi connectivity index (χ0) is 9.26. The van der Waals surface area contributed by atoms with Gasteiger partial charge in [0, 0.05) is 36.9 Å². The summed E-state index contributed by atoms with van der Waals surface area (Å²) in [4.78, 5) is 4.18. The summed E-state index contributed by atoms with van der Waals surface area (Å²) in [5.74, 6) is 0.643. The molecule has 1 unspecified atom stereocenters. The van der Waals surface area contributed by atoms with E-state index in [4.69, 9.17) is 0 Å². The summed E-state index contributed by atoms with van der Waals surface area (Å²) >= 11 is 0. The van der Waals surface area contributed by atoms with Crippen LogP contribution in [0.25, 0.3) is 0 Å². The van der Waals surface area contributed by atoms with Gasteiger partial charge in [-0.1, -0.05) is 6.08 Å². The molecule has 0 aliphatic carbocycles. The van der Waals surface area contributed by atoms with Crippen LogP contribution in [0.4, 0.5) is 0 Å². The molecule has 0 aromatic carbocycles. The minimum absolute atomic E-state index is 0.345. The fourth-order valence-corrected chi connectivity index (χ4v) is 1.58. The maximum atomic E-state index is 4.18. The molecule has 0 bridgehead atoms. The Morgan fingerprint density at radius 1 is 1.77 bits per heavy atom. The van der Waals surface area contributed by atoms with Crippen LogP contribution in [0.1, 0.15) is 24.6 Å². The van der Waals surface area contributed by atoms with Crippen molar-refractivity contribution < 1.29 is 0 Å². The van der Waals surface area contributed by atoms with Crippen molar-refractivity contribution in [2.45, 2.75) is 18.9 Å². The highest BCUT2D eigenvalue weighted by Crippen LogP contribution is 2.22. The van der Waals surface area contributed by atoms with Crippen molar-refractivity contribution in [2.24, 2.45) is 0 Å². The topological polar surface area (TPSA) is 29.9 Å². The number of hydrogen-bond donors (Lipinski definition) is 1. The van der Waals surface area contributed by atoms with Crippen LogP contribution in [-0.2, 0) is 0 Å². The van der Waals surface area contributed by atoms with Crippen molar-refractivity contribution in [3.8, 4) is 0 Å². The third kappa shape index (κ3) is 1.40. The summed E-state index contributed by atoms with van der Waals surface area (Å²) in [5, 5.41) is 3.27. The van der Waals surface area contributed by atoms with Crippen molar-refractivity contribution in [3.63, 3.8) is 0 Å². The van der Waals surface area contributed by atoms with Gasteiger partial charge in [0.1, 0.15) is 0 Å². The lowest BCUT2D eigenvalue weighted by Gasteiger charge is -2.28. The largest absolute Gasteiger partial charge is 0.328 e. The highest BCUT2D eigenvalue weighted by Gasteiger charge is 2.22. The molecule has 2 heterocycles. The standard InChI is InChI=1S/C10H15N3/c1-3-8(2)13-7-12-6-10(13)9-4-11-5-9/h3,6-9,11H,1,4-5H2,2H3. The van der Waals surface area contributed by atoms with Crippen molar-refractivity contribution >= 4 is 0 Å². The minimum atomic E-state index is 0.345. The van der Waals surface area contributed by atoms with Crippen molar-refractivity contribution in [2.75, 3.05) is 13.1 Å². The van der Waals surface area contributed by atoms with Gasteiger partial charge < -0.3 is 9.88 Å². The lowest BCUT2D eigenvalue weighted by atomic mass is 9.99. The Kier molecular flexibility index (Phi) is 2.19. The van der Waals surface area contributed by atoms with Crippen LogP contribution in [0.15, 0.2) is 25.2 Å². The fraction of sp³-hybridized carbons (Fsp3) is 0.500. The van der Waals surface area contributed by atoms with Crippen molar-refractivity contribution in [3.05, 3.63) is 30.9 Å². The maximum absolute atomic E-state index is 4.18. The Labute approximate surface area is 78.5 Å². The Bertz CT molecular complexity index is 299. The molecule has 1 fully saturated rings. The molecule has 0 radical (unpaired) electrons. The van der Waals surface area contributed by atoms with Gasteiger partial charge in [-0.25, -0.2) is 4.98 Å². The van der Waals surface area contributed by atoms with Gasteiger partial charge >= 0.3 is 0 Å². The normalized spacial score (nSPS) is 19.5. The number of hydrogen-bond acceptors (Lipinski definition) is 2. The molecule has 1 aliphatic heterocycles. The average Bonchev–Trinajstić information content (AvgIpc) is 2.49. The van der Waals surface area contributed by atoms with Crippen LogP contribution < -0.4 is 5.32 Å². The molecule has 2 rings (SSSR count). The van der Waals surface area contributed by atoms with Crippen LogP contribution in [0, 0.1) is 0 Å². The second-order valence-electron chi connectivity index (χ2n) is 3.56. The summed E-state index contributed by atoms with van der Waals surface area (Å²) in [5.41, 5.74) is 1.33. The first-order valence-corrected chi connectivity index (χ1v) is 4.68. The monoisotopic (exact) mass is 177 g/mol. The molecule has 1 saturated heterocycles. The Morgan fingerprint density at radius 2 is 2.54 bits per heavy atom. The first-order valence-electron chi connectivity index (χ1n) is 4.68. The first kappa shape index (κ1) is 8.51. The summed E-state index contributed by atoms with van der Waals surface area (Å²) < 4.78 is 2.19. The predicted octanol–water partition coefficient (Wildman–Crippen LogP) is 1.32. The Morgan fingerprint density at radius 3 is 3.08 bits per heavy atom. The van der Waals surface area contributed by atoms with Crippen LogP contribution >= 0.6 is 0 Å². The van der Waals surface area contributed by atoms with Crippen LogP contribution in [0.2, 0.25) is 0 Å². The molecule has 0 spiro atoms. The van der Waals surface area contributed by atoms with E-state index in [0.29, 0.717) is 12.0 Å². The summed E-state index contributed by atoms with van der Waals surface area (Å²) in [7, 11) is 0. The summed E-state index contributed by atoms with van der Waals surface area (Å²) in [6.07, 6.45) is 5.79. The zero-order valence-corrected chi connectivity index (χ0v) is 7.90. The molecule has 13 heavy (non-hydrogen) atoms. The third-order valence-electron chi connectivity index (χ3n) is 2.68. The van der Waals surface area contributed by atoms with Gasteiger partial charge in [-0.05, 0) is 6.92 Å². The molecule has 3 heteroatoms. The van der Waals surface area contributed by atoms with Gasteiger partial charge in [0.05, 0.1) is 6.33 Å². The van der Waals surface area contributed by atoms with E-state index in [1.54, 1.807) is 0 Å². The lowest BCUT2D eigenvalue weighted by molar-refractivity contribution is 0.420. The highest BCUT2D eigenvalue weighted by atomic mass is 15.1. The van der Waals surface area contributed by atoms with Gasteiger partial charge in [-0.3, -0.25) is 0 Å². The average molecular weight is 177 g/mol. The molecule has 1 aliphatic rings. The number of nitrogens with one attached hydrogen (secondary N) is 1. The summed E-state index contributed by atoms with van der Waals surface area (Å²) in [6, 6.07) is 0.345. The van der Waals surface area contributed by atoms with Crippen LogP contribution in [0.3, 0.4) is 0 Å². The number of nitrogens with zero attached hydrogens (tertiary/aromatic N) is 2. The molecule has 1 atom stereocenters. The van der Waals surface area contributed by atoms with E-state index >= 15 is 0 Å². The highest BCUT2D eigenvalue weighted by molar-refractivity contribution is 5.13. The molecule has 0 saturated carbocycles. The Hall–Kier alpha value is -1.09. The van der Waals surface area contributed by atoms with Crippen molar-refractivity contribution in [1.29, 1.82) is 0 Å². The first-order chi connectivity index (χ1) is 6.33. The number of allylic oxidation sites excluding steroid dienone is 1. The molecule has 0 amide bonds. The molecular formula is C10H15N3. The van der Waals surface area contributed by atoms with E-state index in [0.717, 1.165) is 13.1 Å². The molecule has 70 valence electrons. The fourth-order valence-electron chi connectivity index (χ4n) is 1.58. The van der Waals surface area contributed by atoms with E-state index in [-0.39, 0.29) is 0 Å². The van der Waals surface area contributed by atoms with Crippen LogP contribution in [0.5, 0.6) is 0 Å². The molecule has 1 N–H and O–H groups in total. The van der Waals surface area contributed by atoms with Crippen LogP contribution in [-0.4, -0.2) is 22.6 Å². The Balaban J connectivity index is 2.24. The van der Waals surface area contributed by atoms with Gasteiger partial charge in [-0.2, -0.15) is 0 Å². The molecule has 3 nitrogen and oxygen atoms in total. The van der Waals surface area contributed by atoms with Gasteiger partial charge in [0.25, 0.3) is 0 Å². The van der Waals surface area contributed by atoms with E-state index in [2.05, 4.69) is 28.4 Å². The third-order valence-corrected chi connectivity index (χ3v) is 2.68. The number of aromatic nitrogens is 2. The zero-order valence-electron chi connectivity index (χ0n) is 7.90. The van der Waals surface area contributed by atoms with E-state index < -0.39 is 0 Å². The van der Waals surface area contributed by atoms with Crippen molar-refractivity contribution in [1.82, 2.24) is 14.9 Å². The van der Waals surface area contributed by atoms with E-state index in [1.807, 2.05) is 18.6 Å². The lowest BCUT2D eigenvalue weighted by Crippen LogP contribution is -2.41. The quantitative estimate of drug-likeness (QED) is 0.706. The summed E-state index contributed by atoms with van der Waals surface area (Å²) in [6.45, 7) is 8.08. The predicted molar refractivity (Wildman–Crippen MR) is 52.7 cm³/mol. The smallest absolute Gasteiger partial charge is 0.0953 e. The molecule has 1 aromatic heterocycles. The molecule has 1 aromatic rings. The second-order valence-corrected chi connectivity index (χ2v) is 3.56. The van der Waals surface area contributed by atoms with Gasteiger partial charge in [0.2, 0.25) is 0 Å². The number of rotatable bonds is 3. The number of imidazole rings is 1. The minimum Gasteiger partial charge on any atom is -0.328 e. The van der Waals surface area contributed by atoms with Gasteiger partial charge in [-0.15, -0.1) is 6.58 Å². The van der Waals surface area contributed by atoms with Gasteiger partial charge in [0.15, 0.2) is 0 Å². The van der Waals surface area contributed by atoms with E-state index in [1.165, 1.54) is 5.69 Å².